The molecule has 2 nitrogen and oxygen atoms in total. The van der Waals surface area contributed by atoms with Crippen molar-refractivity contribution in [1.29, 1.82) is 0 Å². The number of hydrogen-bond donors (Lipinski definition) is 0. The first kappa shape index (κ1) is 19.2. The predicted octanol–water partition coefficient (Wildman–Crippen LogP) is 6.31. The zero-order chi connectivity index (χ0) is 20.3. The van der Waals surface area contributed by atoms with Gasteiger partial charge in [0.2, 0.25) is 0 Å². The van der Waals surface area contributed by atoms with Crippen LogP contribution < -0.4 is 0 Å². The van der Waals surface area contributed by atoms with E-state index in [0.717, 1.165) is 12.1 Å². The van der Waals surface area contributed by atoms with Gasteiger partial charge in [0.1, 0.15) is 5.54 Å². The smallest absolute Gasteiger partial charge is 0.121 e. The quantitative estimate of drug-likeness (QED) is 0.371. The van der Waals surface area contributed by atoms with Crippen molar-refractivity contribution in [1.82, 2.24) is 9.55 Å². The summed E-state index contributed by atoms with van der Waals surface area (Å²) in [6.07, 6.45) is 5.15. The highest BCUT2D eigenvalue weighted by atomic mass is 15.1. The van der Waals surface area contributed by atoms with Gasteiger partial charge in [-0.15, -0.1) is 0 Å². The van der Waals surface area contributed by atoms with Crippen LogP contribution in [0, 0.1) is 5.41 Å². The van der Waals surface area contributed by atoms with Crippen molar-refractivity contribution in [3.8, 4) is 0 Å². The van der Waals surface area contributed by atoms with E-state index in [1.807, 2.05) is 6.33 Å². The van der Waals surface area contributed by atoms with Crippen molar-refractivity contribution in [3.05, 3.63) is 126 Å². The molecular formula is C27H28N2. The third-order valence-corrected chi connectivity index (χ3v) is 5.31. The van der Waals surface area contributed by atoms with E-state index in [2.05, 4.69) is 123 Å². The molecule has 0 aliphatic carbocycles. The Hall–Kier alpha value is -3.13. The molecule has 0 amide bonds. The van der Waals surface area contributed by atoms with E-state index in [4.69, 9.17) is 4.98 Å². The summed E-state index contributed by atoms with van der Waals surface area (Å²) >= 11 is 0. The lowest BCUT2D eigenvalue weighted by Gasteiger charge is -2.37. The number of aromatic nitrogens is 2. The average molecular weight is 381 g/mol. The van der Waals surface area contributed by atoms with Gasteiger partial charge in [0.25, 0.3) is 0 Å². The van der Waals surface area contributed by atoms with E-state index in [1.54, 1.807) is 0 Å². The van der Waals surface area contributed by atoms with Gasteiger partial charge in [-0.05, 0) is 28.5 Å². The molecule has 0 aliphatic rings. The largest absolute Gasteiger partial charge is 0.319 e. The Balaban J connectivity index is 2.01. The summed E-state index contributed by atoms with van der Waals surface area (Å²) in [5, 5.41) is 0. The van der Waals surface area contributed by atoms with Crippen LogP contribution in [0.15, 0.2) is 104 Å². The van der Waals surface area contributed by atoms with Crippen LogP contribution in [0.3, 0.4) is 0 Å². The molecule has 0 fully saturated rings. The predicted molar refractivity (Wildman–Crippen MR) is 120 cm³/mol. The van der Waals surface area contributed by atoms with Crippen LogP contribution in [0.1, 0.15) is 43.2 Å². The van der Waals surface area contributed by atoms with Gasteiger partial charge in [-0.3, -0.25) is 0 Å². The molecule has 2 heteroatoms. The number of hydrogen-bond acceptors (Lipinski definition) is 1. The van der Waals surface area contributed by atoms with E-state index in [9.17, 15) is 0 Å². The van der Waals surface area contributed by atoms with Gasteiger partial charge < -0.3 is 4.57 Å². The lowest BCUT2D eigenvalue weighted by Crippen LogP contribution is -2.37. The summed E-state index contributed by atoms with van der Waals surface area (Å²) in [5.41, 5.74) is 4.48. The molecule has 0 unspecified atom stereocenters. The molecule has 3 aromatic carbocycles. The highest BCUT2D eigenvalue weighted by molar-refractivity contribution is 5.50. The monoisotopic (exact) mass is 380 g/mol. The summed E-state index contributed by atoms with van der Waals surface area (Å²) in [7, 11) is 0. The van der Waals surface area contributed by atoms with E-state index in [-0.39, 0.29) is 5.41 Å². The minimum Gasteiger partial charge on any atom is -0.319 e. The molecule has 146 valence electrons. The number of rotatable bonds is 5. The Morgan fingerprint density at radius 3 is 1.45 bits per heavy atom. The van der Waals surface area contributed by atoms with Crippen LogP contribution in [-0.4, -0.2) is 9.55 Å². The number of benzene rings is 3. The summed E-state index contributed by atoms with van der Waals surface area (Å²) in [5.74, 6) is 0. The first-order valence-corrected chi connectivity index (χ1v) is 10.2. The number of nitrogens with zero attached hydrogens (tertiary/aromatic N) is 2. The van der Waals surface area contributed by atoms with E-state index in [0.29, 0.717) is 0 Å². The topological polar surface area (TPSA) is 17.8 Å². The van der Waals surface area contributed by atoms with E-state index in [1.165, 1.54) is 16.7 Å². The fraction of sp³-hybridized carbons (Fsp3) is 0.222. The highest BCUT2D eigenvalue weighted by Gasteiger charge is 2.38. The van der Waals surface area contributed by atoms with Crippen LogP contribution in [0.2, 0.25) is 0 Å². The Morgan fingerprint density at radius 2 is 1.07 bits per heavy atom. The summed E-state index contributed by atoms with van der Waals surface area (Å²) < 4.78 is 2.29. The fourth-order valence-corrected chi connectivity index (χ4v) is 4.17. The van der Waals surface area contributed by atoms with Crippen LogP contribution in [-0.2, 0) is 12.0 Å². The fourth-order valence-electron chi connectivity index (χ4n) is 4.17. The third kappa shape index (κ3) is 3.75. The van der Waals surface area contributed by atoms with Gasteiger partial charge in [-0.2, -0.15) is 0 Å². The first-order valence-electron chi connectivity index (χ1n) is 10.2. The molecule has 0 saturated heterocycles. The Bertz CT molecular complexity index is 945. The second-order valence-electron chi connectivity index (χ2n) is 8.82. The van der Waals surface area contributed by atoms with Crippen molar-refractivity contribution in [3.63, 3.8) is 0 Å². The lowest BCUT2D eigenvalue weighted by atomic mass is 9.76. The molecule has 1 aromatic heterocycles. The molecule has 0 aliphatic heterocycles. The SMILES string of the molecule is CC(C)(C)Cc1cn(C(c2ccccc2)(c2ccccc2)c2ccccc2)cn1. The van der Waals surface area contributed by atoms with Gasteiger partial charge in [0.05, 0.1) is 12.0 Å². The molecule has 0 spiro atoms. The summed E-state index contributed by atoms with van der Waals surface area (Å²) in [6.45, 7) is 6.76. The molecule has 4 rings (SSSR count). The second kappa shape index (κ2) is 7.71. The van der Waals surface area contributed by atoms with Gasteiger partial charge in [0, 0.05) is 6.20 Å². The normalized spacial score (nSPS) is 12.1. The molecular weight excluding hydrogens is 352 g/mol. The van der Waals surface area contributed by atoms with Crippen LogP contribution >= 0.6 is 0 Å². The Labute approximate surface area is 173 Å². The lowest BCUT2D eigenvalue weighted by molar-refractivity contribution is 0.406. The van der Waals surface area contributed by atoms with Crippen molar-refractivity contribution in [2.75, 3.05) is 0 Å². The van der Waals surface area contributed by atoms with Gasteiger partial charge >= 0.3 is 0 Å². The van der Waals surface area contributed by atoms with Gasteiger partial charge in [-0.25, -0.2) is 4.98 Å². The minimum atomic E-state index is -0.479. The minimum absolute atomic E-state index is 0.189. The first-order chi connectivity index (χ1) is 14.0. The Kier molecular flexibility index (Phi) is 5.10. The van der Waals surface area contributed by atoms with Gasteiger partial charge in [0.15, 0.2) is 0 Å². The summed E-state index contributed by atoms with van der Waals surface area (Å²) in [4.78, 5) is 4.81. The molecule has 29 heavy (non-hydrogen) atoms. The van der Waals surface area contributed by atoms with Crippen LogP contribution in [0.25, 0.3) is 0 Å². The maximum Gasteiger partial charge on any atom is 0.121 e. The maximum atomic E-state index is 4.81. The van der Waals surface area contributed by atoms with E-state index < -0.39 is 5.54 Å². The Morgan fingerprint density at radius 1 is 0.655 bits per heavy atom. The van der Waals surface area contributed by atoms with Crippen LogP contribution in [0.5, 0.6) is 0 Å². The molecule has 0 N–H and O–H groups in total. The molecule has 0 saturated carbocycles. The molecule has 4 aromatic rings. The van der Waals surface area contributed by atoms with Crippen molar-refractivity contribution < 1.29 is 0 Å². The second-order valence-corrected chi connectivity index (χ2v) is 8.82. The molecule has 0 radical (unpaired) electrons. The van der Waals surface area contributed by atoms with E-state index >= 15 is 0 Å². The standard InChI is InChI=1S/C27H28N2/c1-26(2,3)19-25-20-29(21-28-25)27(22-13-7-4-8-14-22,23-15-9-5-10-16-23)24-17-11-6-12-18-24/h4-18,20-21H,19H2,1-3H3. The van der Waals surface area contributed by atoms with Crippen molar-refractivity contribution >= 4 is 0 Å². The number of imidazole rings is 1. The maximum absolute atomic E-state index is 4.81. The van der Waals surface area contributed by atoms with Crippen LogP contribution in [0.4, 0.5) is 0 Å². The zero-order valence-electron chi connectivity index (χ0n) is 17.4. The summed E-state index contributed by atoms with van der Waals surface area (Å²) in [6, 6.07) is 32.2. The third-order valence-electron chi connectivity index (χ3n) is 5.31. The highest BCUT2D eigenvalue weighted by Crippen LogP contribution is 2.41. The molecule has 0 bridgehead atoms. The molecule has 1 heterocycles. The average Bonchev–Trinajstić information content (AvgIpc) is 3.18. The van der Waals surface area contributed by atoms with Crippen molar-refractivity contribution in [2.24, 2.45) is 5.41 Å². The van der Waals surface area contributed by atoms with Gasteiger partial charge in [-0.1, -0.05) is 112 Å². The molecule has 0 atom stereocenters. The zero-order valence-corrected chi connectivity index (χ0v) is 17.4. The van der Waals surface area contributed by atoms with Crippen molar-refractivity contribution in [2.45, 2.75) is 32.7 Å².